The Morgan fingerprint density at radius 3 is 2.68 bits per heavy atom. The fourth-order valence-corrected chi connectivity index (χ4v) is 1.82. The lowest BCUT2D eigenvalue weighted by Crippen LogP contribution is -2.35. The van der Waals surface area contributed by atoms with Gasteiger partial charge in [-0.05, 0) is 12.8 Å². The van der Waals surface area contributed by atoms with Crippen LogP contribution in [0.4, 0.5) is 11.8 Å². The molecule has 7 nitrogen and oxygen atoms in total. The first-order chi connectivity index (χ1) is 9.11. The van der Waals surface area contributed by atoms with Gasteiger partial charge in [0.15, 0.2) is 11.5 Å². The molecule has 0 saturated carbocycles. The van der Waals surface area contributed by atoms with Gasteiger partial charge < -0.3 is 20.7 Å². The summed E-state index contributed by atoms with van der Waals surface area (Å²) in [6.07, 6.45) is 2.95. The molecule has 0 bridgehead atoms. The first kappa shape index (κ1) is 13.5. The zero-order valence-electron chi connectivity index (χ0n) is 11.5. The fourth-order valence-electron chi connectivity index (χ4n) is 1.82. The third kappa shape index (κ3) is 2.76. The maximum absolute atomic E-state index is 10.3. The minimum atomic E-state index is -0.725. The normalized spacial score (nSPS) is 11.8. The molecule has 0 spiro atoms. The maximum atomic E-state index is 10.3. The van der Waals surface area contributed by atoms with Crippen LogP contribution < -0.4 is 10.6 Å². The van der Waals surface area contributed by atoms with Crippen molar-refractivity contribution in [3.05, 3.63) is 6.33 Å². The number of H-pyrrole nitrogens is 1. The first-order valence-corrected chi connectivity index (χ1v) is 6.47. The van der Waals surface area contributed by atoms with Gasteiger partial charge in [0.1, 0.15) is 5.52 Å². The number of fused-ring (bicyclic) bond motifs is 1. The van der Waals surface area contributed by atoms with E-state index in [1.54, 1.807) is 13.4 Å². The van der Waals surface area contributed by atoms with E-state index in [9.17, 15) is 5.11 Å². The van der Waals surface area contributed by atoms with Crippen molar-refractivity contribution in [2.24, 2.45) is 0 Å². The van der Waals surface area contributed by atoms with Crippen LogP contribution in [0, 0.1) is 0 Å². The van der Waals surface area contributed by atoms with Gasteiger partial charge in [-0.3, -0.25) is 0 Å². The van der Waals surface area contributed by atoms with Crippen molar-refractivity contribution in [3.63, 3.8) is 0 Å². The monoisotopic (exact) mass is 264 g/mol. The third-order valence-electron chi connectivity index (χ3n) is 3.41. The number of rotatable bonds is 6. The highest BCUT2D eigenvalue weighted by atomic mass is 16.3. The Labute approximate surface area is 111 Å². The average molecular weight is 264 g/mol. The number of imidazole rings is 1. The van der Waals surface area contributed by atoms with Gasteiger partial charge in [-0.25, -0.2) is 4.98 Å². The molecule has 0 atom stereocenters. The Morgan fingerprint density at radius 2 is 2.05 bits per heavy atom. The zero-order valence-corrected chi connectivity index (χ0v) is 11.5. The highest BCUT2D eigenvalue weighted by Crippen LogP contribution is 2.21. The topological polar surface area (TPSA) is 98.8 Å². The summed E-state index contributed by atoms with van der Waals surface area (Å²) >= 11 is 0. The summed E-state index contributed by atoms with van der Waals surface area (Å²) in [6, 6.07) is 0. The Kier molecular flexibility index (Phi) is 3.84. The van der Waals surface area contributed by atoms with Crippen molar-refractivity contribution in [2.45, 2.75) is 32.3 Å². The maximum Gasteiger partial charge on any atom is 0.226 e. The molecule has 4 N–H and O–H groups in total. The van der Waals surface area contributed by atoms with Crippen LogP contribution in [0.2, 0.25) is 0 Å². The number of anilines is 2. The number of aromatic nitrogens is 4. The van der Waals surface area contributed by atoms with Crippen molar-refractivity contribution >= 4 is 22.9 Å². The van der Waals surface area contributed by atoms with Gasteiger partial charge in [0.25, 0.3) is 0 Å². The smallest absolute Gasteiger partial charge is 0.226 e. The Morgan fingerprint density at radius 1 is 1.32 bits per heavy atom. The van der Waals surface area contributed by atoms with Crippen molar-refractivity contribution in [3.8, 4) is 0 Å². The number of hydrogen-bond acceptors (Lipinski definition) is 6. The van der Waals surface area contributed by atoms with Gasteiger partial charge >= 0.3 is 0 Å². The van der Waals surface area contributed by atoms with Crippen LogP contribution in [-0.4, -0.2) is 44.2 Å². The van der Waals surface area contributed by atoms with Crippen LogP contribution in [0.1, 0.15) is 26.7 Å². The van der Waals surface area contributed by atoms with Gasteiger partial charge in [-0.2, -0.15) is 9.97 Å². The number of hydrogen-bond donors (Lipinski definition) is 4. The molecule has 0 fully saturated rings. The summed E-state index contributed by atoms with van der Waals surface area (Å²) in [5.74, 6) is 1.14. The molecule has 2 aromatic heterocycles. The summed E-state index contributed by atoms with van der Waals surface area (Å²) in [6.45, 7) is 4.38. The predicted octanol–water partition coefficient (Wildman–Crippen LogP) is 1.36. The van der Waals surface area contributed by atoms with Crippen LogP contribution in [0.15, 0.2) is 6.33 Å². The fraction of sp³-hybridized carbons (Fsp3) is 0.583. The number of nitrogens with zero attached hydrogens (tertiary/aromatic N) is 3. The first-order valence-electron chi connectivity index (χ1n) is 6.47. The number of aliphatic hydroxyl groups is 1. The lowest BCUT2D eigenvalue weighted by atomic mass is 9.98. The quantitative estimate of drug-likeness (QED) is 0.629. The summed E-state index contributed by atoms with van der Waals surface area (Å²) in [5, 5.41) is 16.4. The molecule has 2 rings (SSSR count). The Bertz CT molecular complexity index is 548. The second-order valence-corrected chi connectivity index (χ2v) is 4.53. The van der Waals surface area contributed by atoms with Crippen molar-refractivity contribution in [1.82, 2.24) is 19.9 Å². The van der Waals surface area contributed by atoms with E-state index < -0.39 is 5.60 Å². The van der Waals surface area contributed by atoms with Gasteiger partial charge in [0.2, 0.25) is 5.95 Å². The number of nitrogens with one attached hydrogen (secondary N) is 3. The molecule has 0 aliphatic rings. The minimum absolute atomic E-state index is 0.439. The summed E-state index contributed by atoms with van der Waals surface area (Å²) < 4.78 is 0. The largest absolute Gasteiger partial charge is 0.388 e. The summed E-state index contributed by atoms with van der Waals surface area (Å²) in [4.78, 5) is 15.7. The molecule has 7 heteroatoms. The lowest BCUT2D eigenvalue weighted by Gasteiger charge is -2.25. The Hall–Kier alpha value is -1.89. The van der Waals surface area contributed by atoms with Crippen LogP contribution in [0.3, 0.4) is 0 Å². The molecule has 19 heavy (non-hydrogen) atoms. The summed E-state index contributed by atoms with van der Waals surface area (Å²) in [5.41, 5.74) is 0.615. The lowest BCUT2D eigenvalue weighted by molar-refractivity contribution is 0.0456. The van der Waals surface area contributed by atoms with Gasteiger partial charge in [-0.15, -0.1) is 0 Å². The highest BCUT2D eigenvalue weighted by Gasteiger charge is 2.22. The summed E-state index contributed by atoms with van der Waals surface area (Å²) in [7, 11) is 1.76. The molecule has 0 aliphatic carbocycles. The van der Waals surface area contributed by atoms with E-state index >= 15 is 0 Å². The van der Waals surface area contributed by atoms with E-state index in [1.807, 2.05) is 13.8 Å². The molecule has 0 radical (unpaired) electrons. The standard InChI is InChI=1S/C12H20N6O/c1-4-12(19,5-2)6-14-9-8-10(16-7-15-8)18-11(13-3)17-9/h7,19H,4-6H2,1-3H3,(H3,13,14,15,16,17,18). The second-order valence-electron chi connectivity index (χ2n) is 4.53. The van der Waals surface area contributed by atoms with Gasteiger partial charge in [-0.1, -0.05) is 13.8 Å². The SMILES string of the molecule is CCC(O)(CC)CNc1nc(NC)nc2nc[nH]c12. The molecule has 0 aromatic carbocycles. The second kappa shape index (κ2) is 5.40. The van der Waals surface area contributed by atoms with E-state index in [0.717, 1.165) is 5.52 Å². The zero-order chi connectivity index (χ0) is 13.9. The number of aromatic amines is 1. The van der Waals surface area contributed by atoms with E-state index in [1.165, 1.54) is 0 Å². The van der Waals surface area contributed by atoms with E-state index in [0.29, 0.717) is 36.8 Å². The van der Waals surface area contributed by atoms with Gasteiger partial charge in [0, 0.05) is 13.6 Å². The van der Waals surface area contributed by atoms with Crippen molar-refractivity contribution < 1.29 is 5.11 Å². The Balaban J connectivity index is 2.26. The minimum Gasteiger partial charge on any atom is -0.388 e. The van der Waals surface area contributed by atoms with Crippen LogP contribution in [-0.2, 0) is 0 Å². The molecule has 0 aliphatic heterocycles. The van der Waals surface area contributed by atoms with E-state index in [4.69, 9.17) is 0 Å². The average Bonchev–Trinajstić information content (AvgIpc) is 2.92. The molecule has 0 amide bonds. The molecular weight excluding hydrogens is 244 g/mol. The molecule has 0 saturated heterocycles. The molecule has 0 unspecified atom stereocenters. The molecule has 2 aromatic rings. The van der Waals surface area contributed by atoms with E-state index in [2.05, 4.69) is 30.6 Å². The molecule has 104 valence electrons. The predicted molar refractivity (Wildman–Crippen MR) is 75.3 cm³/mol. The van der Waals surface area contributed by atoms with Crippen LogP contribution in [0.5, 0.6) is 0 Å². The molecule has 2 heterocycles. The van der Waals surface area contributed by atoms with Crippen LogP contribution in [0.25, 0.3) is 11.2 Å². The van der Waals surface area contributed by atoms with Crippen molar-refractivity contribution in [2.75, 3.05) is 24.2 Å². The van der Waals surface area contributed by atoms with Gasteiger partial charge in [0.05, 0.1) is 11.9 Å². The van der Waals surface area contributed by atoms with Crippen LogP contribution >= 0.6 is 0 Å². The third-order valence-corrected chi connectivity index (χ3v) is 3.41. The molecular formula is C12H20N6O. The van der Waals surface area contributed by atoms with Crippen molar-refractivity contribution in [1.29, 1.82) is 0 Å². The van der Waals surface area contributed by atoms with E-state index in [-0.39, 0.29) is 0 Å². The highest BCUT2D eigenvalue weighted by molar-refractivity contribution is 5.83.